The Bertz CT molecular complexity index is 546. The van der Waals surface area contributed by atoms with Gasteiger partial charge < -0.3 is 10.4 Å². The second-order valence-electron chi connectivity index (χ2n) is 3.69. The third kappa shape index (κ3) is 2.94. The van der Waals surface area contributed by atoms with E-state index in [0.717, 1.165) is 5.69 Å². The van der Waals surface area contributed by atoms with Crippen molar-refractivity contribution in [3.63, 3.8) is 0 Å². The average Bonchev–Trinajstić information content (AvgIpc) is 2.82. The molecule has 1 amide bonds. The number of carbonyl (C=O) groups excluding carboxylic acids is 1. The van der Waals surface area contributed by atoms with E-state index < -0.39 is 5.97 Å². The molecule has 92 valence electrons. The Morgan fingerprint density at radius 3 is 2.50 bits per heavy atom. The van der Waals surface area contributed by atoms with Crippen molar-refractivity contribution in [2.75, 3.05) is 5.32 Å². The van der Waals surface area contributed by atoms with Gasteiger partial charge in [-0.05, 0) is 30.3 Å². The number of rotatable bonds is 4. The topological polar surface area (TPSA) is 95.1 Å². The molecular weight excluding hydrogens is 234 g/mol. The number of carboxylic acids is 1. The Kier molecular flexibility index (Phi) is 3.38. The van der Waals surface area contributed by atoms with Crippen LogP contribution in [-0.2, 0) is 11.2 Å². The molecule has 1 aromatic heterocycles. The number of carbonyl (C=O) groups is 2. The highest BCUT2D eigenvalue weighted by molar-refractivity contribution is 5.93. The van der Waals surface area contributed by atoms with Crippen LogP contribution in [0.5, 0.6) is 0 Å². The zero-order valence-corrected chi connectivity index (χ0v) is 9.38. The summed E-state index contributed by atoms with van der Waals surface area (Å²) in [5.41, 5.74) is 1.46. The summed E-state index contributed by atoms with van der Waals surface area (Å²) < 4.78 is 0. The molecule has 6 heteroatoms. The van der Waals surface area contributed by atoms with Gasteiger partial charge in [-0.3, -0.25) is 9.89 Å². The van der Waals surface area contributed by atoms with Crippen molar-refractivity contribution in [2.24, 2.45) is 0 Å². The van der Waals surface area contributed by atoms with Crippen molar-refractivity contribution < 1.29 is 14.7 Å². The van der Waals surface area contributed by atoms with Gasteiger partial charge in [-0.25, -0.2) is 4.79 Å². The summed E-state index contributed by atoms with van der Waals surface area (Å²) in [5.74, 6) is -1.19. The fourth-order valence-electron chi connectivity index (χ4n) is 1.46. The normalized spacial score (nSPS) is 10.0. The highest BCUT2D eigenvalue weighted by atomic mass is 16.4. The maximum atomic E-state index is 11.6. The molecule has 0 fully saturated rings. The summed E-state index contributed by atoms with van der Waals surface area (Å²) in [7, 11) is 0. The number of aromatic amines is 1. The summed E-state index contributed by atoms with van der Waals surface area (Å²) in [6, 6.07) is 7.69. The van der Waals surface area contributed by atoms with Gasteiger partial charge in [-0.1, -0.05) is 0 Å². The molecule has 0 aliphatic carbocycles. The Labute approximate surface area is 103 Å². The first-order valence-electron chi connectivity index (χ1n) is 5.26. The maximum Gasteiger partial charge on any atom is 0.335 e. The second-order valence-corrected chi connectivity index (χ2v) is 3.69. The third-order valence-corrected chi connectivity index (χ3v) is 2.33. The fraction of sp³-hybridized carbons (Fsp3) is 0.0833. The molecule has 6 nitrogen and oxygen atoms in total. The molecule has 3 N–H and O–H groups in total. The molecule has 0 bridgehead atoms. The van der Waals surface area contributed by atoms with Gasteiger partial charge in [0.05, 0.1) is 12.0 Å². The van der Waals surface area contributed by atoms with E-state index in [0.29, 0.717) is 5.69 Å². The van der Waals surface area contributed by atoms with E-state index in [1.807, 2.05) is 0 Å². The smallest absolute Gasteiger partial charge is 0.335 e. The van der Waals surface area contributed by atoms with Gasteiger partial charge in [0.15, 0.2) is 0 Å². The summed E-state index contributed by atoms with van der Waals surface area (Å²) in [4.78, 5) is 22.3. The lowest BCUT2D eigenvalue weighted by atomic mass is 10.2. The van der Waals surface area contributed by atoms with E-state index in [1.165, 1.54) is 12.1 Å². The van der Waals surface area contributed by atoms with Crippen LogP contribution in [0.4, 0.5) is 5.69 Å². The number of hydrogen-bond donors (Lipinski definition) is 3. The largest absolute Gasteiger partial charge is 0.478 e. The maximum absolute atomic E-state index is 11.6. The van der Waals surface area contributed by atoms with E-state index in [-0.39, 0.29) is 17.9 Å². The Morgan fingerprint density at radius 1 is 1.22 bits per heavy atom. The number of benzene rings is 1. The van der Waals surface area contributed by atoms with E-state index >= 15 is 0 Å². The summed E-state index contributed by atoms with van der Waals surface area (Å²) >= 11 is 0. The molecule has 0 unspecified atom stereocenters. The number of H-pyrrole nitrogens is 1. The summed E-state index contributed by atoms with van der Waals surface area (Å²) in [5, 5.41) is 17.8. The van der Waals surface area contributed by atoms with Crippen molar-refractivity contribution in [1.82, 2.24) is 10.2 Å². The summed E-state index contributed by atoms with van der Waals surface area (Å²) in [6.07, 6.45) is 1.77. The van der Waals surface area contributed by atoms with E-state index in [4.69, 9.17) is 5.11 Å². The molecule has 0 aliphatic heterocycles. The average molecular weight is 245 g/mol. The van der Waals surface area contributed by atoms with Crippen LogP contribution in [0, 0.1) is 0 Å². The van der Waals surface area contributed by atoms with Gasteiger partial charge in [0.1, 0.15) is 0 Å². The molecule has 0 atom stereocenters. The van der Waals surface area contributed by atoms with Crippen molar-refractivity contribution in [2.45, 2.75) is 6.42 Å². The van der Waals surface area contributed by atoms with Gasteiger partial charge in [0.2, 0.25) is 5.91 Å². The molecule has 2 aromatic rings. The molecular formula is C12H11N3O3. The van der Waals surface area contributed by atoms with Crippen molar-refractivity contribution in [3.05, 3.63) is 47.8 Å². The molecule has 0 aliphatic rings. The Balaban J connectivity index is 1.97. The highest BCUT2D eigenvalue weighted by Gasteiger charge is 2.06. The first-order valence-corrected chi connectivity index (χ1v) is 5.26. The molecule has 2 rings (SSSR count). The first-order chi connectivity index (χ1) is 8.65. The number of hydrogen-bond acceptors (Lipinski definition) is 3. The van der Waals surface area contributed by atoms with E-state index in [2.05, 4.69) is 15.5 Å². The Hall–Kier alpha value is -2.63. The summed E-state index contributed by atoms with van der Waals surface area (Å²) in [6.45, 7) is 0. The van der Waals surface area contributed by atoms with E-state index in [9.17, 15) is 9.59 Å². The van der Waals surface area contributed by atoms with Gasteiger partial charge in [-0.15, -0.1) is 0 Å². The van der Waals surface area contributed by atoms with E-state index in [1.54, 1.807) is 24.4 Å². The number of aromatic nitrogens is 2. The molecule has 1 aromatic carbocycles. The van der Waals surface area contributed by atoms with Gasteiger partial charge in [-0.2, -0.15) is 5.10 Å². The predicted molar refractivity (Wildman–Crippen MR) is 64.3 cm³/mol. The van der Waals surface area contributed by atoms with Crippen LogP contribution in [-0.4, -0.2) is 27.2 Å². The molecule has 0 spiro atoms. The highest BCUT2D eigenvalue weighted by Crippen LogP contribution is 2.10. The number of nitrogens with zero attached hydrogens (tertiary/aromatic N) is 1. The molecule has 0 saturated carbocycles. The number of aromatic carboxylic acids is 1. The van der Waals surface area contributed by atoms with Crippen molar-refractivity contribution in [1.29, 1.82) is 0 Å². The number of nitrogens with one attached hydrogen (secondary N) is 2. The Morgan fingerprint density at radius 2 is 1.94 bits per heavy atom. The lowest BCUT2D eigenvalue weighted by Crippen LogP contribution is -2.14. The van der Waals surface area contributed by atoms with Crippen LogP contribution in [0.2, 0.25) is 0 Å². The van der Waals surface area contributed by atoms with Gasteiger partial charge in [0, 0.05) is 17.6 Å². The molecule has 0 saturated heterocycles. The minimum atomic E-state index is -0.995. The third-order valence-electron chi connectivity index (χ3n) is 2.33. The molecule has 1 heterocycles. The van der Waals surface area contributed by atoms with Gasteiger partial charge >= 0.3 is 5.97 Å². The minimum Gasteiger partial charge on any atom is -0.478 e. The zero-order valence-electron chi connectivity index (χ0n) is 9.38. The zero-order chi connectivity index (χ0) is 13.0. The van der Waals surface area contributed by atoms with Crippen LogP contribution in [0.3, 0.4) is 0 Å². The standard InChI is InChI=1S/C12H11N3O3/c16-11(7-10-5-6-13-15-10)14-9-3-1-8(2-4-9)12(17)18/h1-6H,7H2,(H,13,15)(H,14,16)(H,17,18). The fourth-order valence-corrected chi connectivity index (χ4v) is 1.46. The quantitative estimate of drug-likeness (QED) is 0.756. The predicted octanol–water partition coefficient (Wildman–Crippen LogP) is 1.29. The van der Waals surface area contributed by atoms with Crippen LogP contribution in [0.25, 0.3) is 0 Å². The second kappa shape index (κ2) is 5.13. The number of anilines is 1. The van der Waals surface area contributed by atoms with Crippen LogP contribution >= 0.6 is 0 Å². The van der Waals surface area contributed by atoms with Crippen molar-refractivity contribution >= 4 is 17.6 Å². The first kappa shape index (κ1) is 11.8. The van der Waals surface area contributed by atoms with Crippen LogP contribution < -0.4 is 5.32 Å². The molecule has 0 radical (unpaired) electrons. The number of amides is 1. The van der Waals surface area contributed by atoms with Crippen molar-refractivity contribution in [3.8, 4) is 0 Å². The SMILES string of the molecule is O=C(Cc1ccn[nH]1)Nc1ccc(C(=O)O)cc1. The minimum absolute atomic E-state index is 0.182. The number of carboxylic acid groups (broad SMARTS) is 1. The molecule has 18 heavy (non-hydrogen) atoms. The van der Waals surface area contributed by atoms with Crippen LogP contribution in [0.15, 0.2) is 36.5 Å². The van der Waals surface area contributed by atoms with Crippen LogP contribution in [0.1, 0.15) is 16.1 Å². The van der Waals surface area contributed by atoms with Gasteiger partial charge in [0.25, 0.3) is 0 Å². The lowest BCUT2D eigenvalue weighted by Gasteiger charge is -2.04. The lowest BCUT2D eigenvalue weighted by molar-refractivity contribution is -0.115. The monoisotopic (exact) mass is 245 g/mol.